The molecular weight excluding hydrogens is 272 g/mol. The van der Waals surface area contributed by atoms with E-state index in [0.717, 1.165) is 6.07 Å². The Hall–Kier alpha value is -2.25. The predicted molar refractivity (Wildman–Crippen MR) is 63.5 cm³/mol. The smallest absolute Gasteiger partial charge is 0.348 e. The van der Waals surface area contributed by atoms with Crippen LogP contribution in [0.25, 0.3) is 10.8 Å². The van der Waals surface area contributed by atoms with Gasteiger partial charge in [0.25, 0.3) is 10.1 Å². The summed E-state index contributed by atoms with van der Waals surface area (Å²) >= 11 is 0. The average Bonchev–Trinajstić information content (AvgIpc) is 2.33. The second-order valence-corrected chi connectivity index (χ2v) is 5.38. The Labute approximate surface area is 107 Å². The van der Waals surface area contributed by atoms with Crippen molar-refractivity contribution in [1.82, 2.24) is 0 Å². The summed E-state index contributed by atoms with van der Waals surface area (Å²) in [7, 11) is -4.58. The Kier molecular flexibility index (Phi) is 2.25. The molecule has 0 amide bonds. The molecule has 0 unspecified atom stereocenters. The van der Waals surface area contributed by atoms with Gasteiger partial charge in [0.15, 0.2) is 0 Å². The maximum atomic E-state index is 11.7. The molecule has 2 aromatic carbocycles. The van der Waals surface area contributed by atoms with Crippen molar-refractivity contribution >= 4 is 32.8 Å². The Bertz CT molecular complexity index is 850. The lowest BCUT2D eigenvalue weighted by molar-refractivity contribution is 0.0388. The van der Waals surface area contributed by atoms with Gasteiger partial charge in [0.1, 0.15) is 4.90 Å². The van der Waals surface area contributed by atoms with Crippen molar-refractivity contribution in [2.75, 3.05) is 0 Å². The number of hydrogen-bond donors (Lipinski definition) is 1. The highest BCUT2D eigenvalue weighted by Gasteiger charge is 2.32. The zero-order valence-corrected chi connectivity index (χ0v) is 10.1. The van der Waals surface area contributed by atoms with Gasteiger partial charge in [0.2, 0.25) is 0 Å². The molecule has 0 aliphatic carbocycles. The molecule has 0 spiro atoms. The zero-order valence-electron chi connectivity index (χ0n) is 9.28. The van der Waals surface area contributed by atoms with Crippen molar-refractivity contribution in [3.63, 3.8) is 0 Å². The van der Waals surface area contributed by atoms with Crippen molar-refractivity contribution in [2.24, 2.45) is 0 Å². The first kappa shape index (κ1) is 11.8. The van der Waals surface area contributed by atoms with Crippen LogP contribution in [0.3, 0.4) is 0 Å². The molecule has 0 saturated carbocycles. The fourth-order valence-corrected chi connectivity index (χ4v) is 2.82. The first-order valence-electron chi connectivity index (χ1n) is 5.19. The van der Waals surface area contributed by atoms with E-state index >= 15 is 0 Å². The molecule has 96 valence electrons. The maximum absolute atomic E-state index is 11.7. The quantitative estimate of drug-likeness (QED) is 0.481. The van der Waals surface area contributed by atoms with Crippen molar-refractivity contribution in [1.29, 1.82) is 0 Å². The van der Waals surface area contributed by atoms with Crippen molar-refractivity contribution in [2.45, 2.75) is 4.90 Å². The standard InChI is InChI=1S/C12H6O6S/c13-11-7-3-1-2-6-4-5-8(19(15,16)17)10(9(6)7)12(14)18-11/h1-5H,(H,15,16,17). The Balaban J connectivity index is 2.59. The largest absolute Gasteiger partial charge is 0.386 e. The number of carbonyl (C=O) groups is 2. The van der Waals surface area contributed by atoms with Crippen LogP contribution in [-0.4, -0.2) is 24.9 Å². The molecule has 2 aromatic rings. The van der Waals surface area contributed by atoms with Gasteiger partial charge in [-0.1, -0.05) is 18.2 Å². The van der Waals surface area contributed by atoms with E-state index in [1.165, 1.54) is 12.1 Å². The van der Waals surface area contributed by atoms with Crippen LogP contribution in [-0.2, 0) is 14.9 Å². The molecule has 3 rings (SSSR count). The van der Waals surface area contributed by atoms with Crippen LogP contribution < -0.4 is 0 Å². The number of hydrogen-bond acceptors (Lipinski definition) is 5. The minimum Gasteiger partial charge on any atom is -0.386 e. The van der Waals surface area contributed by atoms with E-state index in [0.29, 0.717) is 5.39 Å². The number of rotatable bonds is 1. The van der Waals surface area contributed by atoms with Gasteiger partial charge >= 0.3 is 11.9 Å². The predicted octanol–water partition coefficient (Wildman–Crippen LogP) is 1.40. The number of benzene rings is 2. The first-order valence-corrected chi connectivity index (χ1v) is 6.63. The van der Waals surface area contributed by atoms with Gasteiger partial charge in [0, 0.05) is 5.39 Å². The molecule has 7 heteroatoms. The van der Waals surface area contributed by atoms with E-state index in [1.54, 1.807) is 12.1 Å². The monoisotopic (exact) mass is 278 g/mol. The number of carbonyl (C=O) groups excluding carboxylic acids is 2. The number of cyclic esters (lactones) is 2. The summed E-state index contributed by atoms with van der Waals surface area (Å²) in [5.74, 6) is -1.92. The minimum absolute atomic E-state index is 0.0950. The van der Waals surface area contributed by atoms with E-state index in [2.05, 4.69) is 4.74 Å². The van der Waals surface area contributed by atoms with Gasteiger partial charge in [-0.3, -0.25) is 4.55 Å². The third-order valence-corrected chi connectivity index (χ3v) is 3.79. The van der Waals surface area contributed by atoms with Gasteiger partial charge in [-0.2, -0.15) is 8.42 Å². The molecule has 1 aliphatic rings. The Morgan fingerprint density at radius 2 is 1.74 bits per heavy atom. The first-order chi connectivity index (χ1) is 8.89. The van der Waals surface area contributed by atoms with E-state index in [4.69, 9.17) is 4.55 Å². The normalized spacial score (nSPS) is 14.6. The molecule has 0 radical (unpaired) electrons. The van der Waals surface area contributed by atoms with Crippen molar-refractivity contribution < 1.29 is 27.3 Å². The molecular formula is C12H6O6S. The molecule has 1 N–H and O–H groups in total. The maximum Gasteiger partial charge on any atom is 0.348 e. The van der Waals surface area contributed by atoms with E-state index in [1.807, 2.05) is 0 Å². The highest BCUT2D eigenvalue weighted by Crippen LogP contribution is 2.32. The molecule has 6 nitrogen and oxygen atoms in total. The highest BCUT2D eigenvalue weighted by atomic mass is 32.2. The topological polar surface area (TPSA) is 97.7 Å². The highest BCUT2D eigenvalue weighted by molar-refractivity contribution is 7.86. The lowest BCUT2D eigenvalue weighted by atomic mass is 9.97. The number of ether oxygens (including phenoxy) is 1. The van der Waals surface area contributed by atoms with Gasteiger partial charge < -0.3 is 4.74 Å². The average molecular weight is 278 g/mol. The third kappa shape index (κ3) is 1.63. The second kappa shape index (κ2) is 3.62. The minimum atomic E-state index is -4.58. The van der Waals surface area contributed by atoms with Crippen molar-refractivity contribution in [3.05, 3.63) is 41.5 Å². The van der Waals surface area contributed by atoms with E-state index in [-0.39, 0.29) is 16.5 Å². The molecule has 0 saturated heterocycles. The van der Waals surface area contributed by atoms with E-state index in [9.17, 15) is 18.0 Å². The van der Waals surface area contributed by atoms with Crippen LogP contribution in [0.1, 0.15) is 20.7 Å². The third-order valence-electron chi connectivity index (χ3n) is 2.89. The summed E-state index contributed by atoms with van der Waals surface area (Å²) in [6.45, 7) is 0. The fraction of sp³-hybridized carbons (Fsp3) is 0. The molecule has 0 fully saturated rings. The Morgan fingerprint density at radius 1 is 1.00 bits per heavy atom. The van der Waals surface area contributed by atoms with Gasteiger partial charge in [0.05, 0.1) is 11.1 Å². The van der Waals surface area contributed by atoms with Crippen LogP contribution in [0.4, 0.5) is 0 Å². The summed E-state index contributed by atoms with van der Waals surface area (Å²) in [6.07, 6.45) is 0. The molecule has 1 heterocycles. The fourth-order valence-electron chi connectivity index (χ4n) is 2.14. The summed E-state index contributed by atoms with van der Waals surface area (Å²) in [5, 5.41) is 0.698. The van der Waals surface area contributed by atoms with E-state index < -0.39 is 27.0 Å². The van der Waals surface area contributed by atoms with Crippen LogP contribution in [0.15, 0.2) is 35.2 Å². The lowest BCUT2D eigenvalue weighted by Crippen LogP contribution is -2.22. The molecule has 0 atom stereocenters. The summed E-state index contributed by atoms with van der Waals surface area (Å²) in [5.41, 5.74) is -0.215. The summed E-state index contributed by atoms with van der Waals surface area (Å²) in [4.78, 5) is 22.8. The Morgan fingerprint density at radius 3 is 2.42 bits per heavy atom. The van der Waals surface area contributed by atoms with Crippen LogP contribution in [0.2, 0.25) is 0 Å². The van der Waals surface area contributed by atoms with Gasteiger partial charge in [-0.05, 0) is 17.5 Å². The second-order valence-electron chi connectivity index (χ2n) is 3.99. The molecule has 0 aromatic heterocycles. The van der Waals surface area contributed by atoms with Gasteiger partial charge in [-0.15, -0.1) is 0 Å². The molecule has 1 aliphatic heterocycles. The van der Waals surface area contributed by atoms with Crippen LogP contribution in [0, 0.1) is 0 Å². The summed E-state index contributed by atoms with van der Waals surface area (Å²) < 4.78 is 36.2. The number of esters is 2. The SMILES string of the molecule is O=C1OC(=O)c2c(S(=O)(=O)O)ccc3cccc1c23. The van der Waals surface area contributed by atoms with Crippen LogP contribution in [0.5, 0.6) is 0 Å². The molecule has 0 bridgehead atoms. The molecule has 19 heavy (non-hydrogen) atoms. The summed E-state index contributed by atoms with van der Waals surface area (Å²) in [6, 6.07) is 7.16. The zero-order chi connectivity index (χ0) is 13.8. The van der Waals surface area contributed by atoms with Gasteiger partial charge in [-0.25, -0.2) is 9.59 Å². The lowest BCUT2D eigenvalue weighted by Gasteiger charge is -2.17. The van der Waals surface area contributed by atoms with Crippen molar-refractivity contribution in [3.8, 4) is 0 Å². The van der Waals surface area contributed by atoms with Crippen LogP contribution >= 0.6 is 0 Å².